The van der Waals surface area contributed by atoms with Crippen LogP contribution in [0.1, 0.15) is 18.0 Å². The Morgan fingerprint density at radius 3 is 2.12 bits per heavy atom. The summed E-state index contributed by atoms with van der Waals surface area (Å²) in [4.78, 5) is 2.09. The second-order valence-corrected chi connectivity index (χ2v) is 3.75. The van der Waals surface area contributed by atoms with Gasteiger partial charge in [-0.2, -0.15) is 0 Å². The van der Waals surface area contributed by atoms with Gasteiger partial charge in [-0.05, 0) is 44.8 Å². The van der Waals surface area contributed by atoms with Crippen molar-refractivity contribution < 1.29 is 4.39 Å². The van der Waals surface area contributed by atoms with Crippen LogP contribution in [0.3, 0.4) is 0 Å². The van der Waals surface area contributed by atoms with E-state index in [0.29, 0.717) is 0 Å². The van der Waals surface area contributed by atoms with Crippen molar-refractivity contribution in [3.8, 4) is 0 Å². The molecular formula is C11H19Cl2FN2. The zero-order valence-electron chi connectivity index (χ0n) is 9.52. The van der Waals surface area contributed by atoms with E-state index < -0.39 is 0 Å². The molecule has 0 saturated carbocycles. The molecule has 0 amide bonds. The monoisotopic (exact) mass is 268 g/mol. The number of hydrogen-bond acceptors (Lipinski definition) is 2. The molecule has 0 bridgehead atoms. The largest absolute Gasteiger partial charge is 0.324 e. The first-order valence-electron chi connectivity index (χ1n) is 4.75. The van der Waals surface area contributed by atoms with Crippen molar-refractivity contribution >= 4 is 24.8 Å². The van der Waals surface area contributed by atoms with E-state index in [9.17, 15) is 4.39 Å². The molecule has 5 heteroatoms. The molecule has 1 aromatic rings. The van der Waals surface area contributed by atoms with E-state index in [0.717, 1.165) is 18.5 Å². The first-order valence-corrected chi connectivity index (χ1v) is 4.75. The molecule has 0 saturated heterocycles. The first kappa shape index (κ1) is 18.0. The van der Waals surface area contributed by atoms with E-state index in [1.807, 2.05) is 14.1 Å². The first-order chi connectivity index (χ1) is 6.59. The summed E-state index contributed by atoms with van der Waals surface area (Å²) in [6, 6.07) is 6.39. The van der Waals surface area contributed by atoms with E-state index in [1.165, 1.54) is 12.1 Å². The molecule has 94 valence electrons. The molecule has 0 aliphatic carbocycles. The van der Waals surface area contributed by atoms with Crippen molar-refractivity contribution in [2.24, 2.45) is 5.73 Å². The predicted molar refractivity (Wildman–Crippen MR) is 71.0 cm³/mol. The summed E-state index contributed by atoms with van der Waals surface area (Å²) in [5, 5.41) is 0. The van der Waals surface area contributed by atoms with Gasteiger partial charge < -0.3 is 10.6 Å². The van der Waals surface area contributed by atoms with Crippen LogP contribution in [-0.2, 0) is 0 Å². The van der Waals surface area contributed by atoms with Crippen LogP contribution in [0.25, 0.3) is 0 Å². The Labute approximate surface area is 109 Å². The molecule has 1 aromatic carbocycles. The van der Waals surface area contributed by atoms with Crippen LogP contribution in [-0.4, -0.2) is 25.5 Å². The highest BCUT2D eigenvalue weighted by atomic mass is 35.5. The molecule has 1 atom stereocenters. The average Bonchev–Trinajstić information content (AvgIpc) is 2.15. The Bertz CT molecular complexity index is 278. The molecule has 0 radical (unpaired) electrons. The number of hydrogen-bond donors (Lipinski definition) is 1. The van der Waals surface area contributed by atoms with Gasteiger partial charge >= 0.3 is 0 Å². The fourth-order valence-electron chi connectivity index (χ4n) is 1.27. The SMILES string of the molecule is CN(C)CCC(N)c1ccc(F)cc1.Cl.Cl. The van der Waals surface area contributed by atoms with Crippen LogP contribution in [0.5, 0.6) is 0 Å². The van der Waals surface area contributed by atoms with Gasteiger partial charge in [0.05, 0.1) is 0 Å². The number of nitrogens with zero attached hydrogens (tertiary/aromatic N) is 1. The Kier molecular flexibility index (Phi) is 9.87. The summed E-state index contributed by atoms with van der Waals surface area (Å²) in [5.74, 6) is -0.214. The lowest BCUT2D eigenvalue weighted by atomic mass is 10.0. The number of benzene rings is 1. The number of rotatable bonds is 4. The highest BCUT2D eigenvalue weighted by Gasteiger charge is 2.05. The maximum absolute atomic E-state index is 12.6. The van der Waals surface area contributed by atoms with Gasteiger partial charge in [0.25, 0.3) is 0 Å². The zero-order valence-corrected chi connectivity index (χ0v) is 11.2. The van der Waals surface area contributed by atoms with E-state index in [4.69, 9.17) is 5.73 Å². The Morgan fingerprint density at radius 1 is 1.19 bits per heavy atom. The van der Waals surface area contributed by atoms with Gasteiger partial charge in [0.15, 0.2) is 0 Å². The summed E-state index contributed by atoms with van der Waals surface area (Å²) in [6.45, 7) is 0.943. The van der Waals surface area contributed by atoms with Crippen molar-refractivity contribution in [2.75, 3.05) is 20.6 Å². The fourth-order valence-corrected chi connectivity index (χ4v) is 1.27. The molecule has 0 heterocycles. The summed E-state index contributed by atoms with van der Waals surface area (Å²) < 4.78 is 12.6. The molecule has 1 unspecified atom stereocenters. The second kappa shape index (κ2) is 8.76. The molecule has 0 fully saturated rings. The Morgan fingerprint density at radius 2 is 1.69 bits per heavy atom. The summed E-state index contributed by atoms with van der Waals surface area (Å²) in [6.07, 6.45) is 0.888. The molecule has 0 spiro atoms. The number of nitrogens with two attached hydrogens (primary N) is 1. The highest BCUT2D eigenvalue weighted by molar-refractivity contribution is 5.85. The van der Waals surface area contributed by atoms with Gasteiger partial charge in [0, 0.05) is 6.04 Å². The van der Waals surface area contributed by atoms with Gasteiger partial charge in [-0.3, -0.25) is 0 Å². The summed E-state index contributed by atoms with van der Waals surface area (Å²) in [5.41, 5.74) is 6.94. The van der Waals surface area contributed by atoms with Crippen molar-refractivity contribution in [3.63, 3.8) is 0 Å². The lowest BCUT2D eigenvalue weighted by Gasteiger charge is -2.15. The normalized spacial score (nSPS) is 11.6. The van der Waals surface area contributed by atoms with Gasteiger partial charge in [0.2, 0.25) is 0 Å². The number of halogens is 3. The van der Waals surface area contributed by atoms with Gasteiger partial charge in [0.1, 0.15) is 5.82 Å². The third kappa shape index (κ3) is 6.28. The van der Waals surface area contributed by atoms with Crippen LogP contribution < -0.4 is 5.73 Å². The van der Waals surface area contributed by atoms with Crippen LogP contribution >= 0.6 is 24.8 Å². The van der Waals surface area contributed by atoms with Gasteiger partial charge in [-0.1, -0.05) is 12.1 Å². The molecule has 16 heavy (non-hydrogen) atoms. The smallest absolute Gasteiger partial charge is 0.123 e. The van der Waals surface area contributed by atoms with Gasteiger partial charge in [-0.25, -0.2) is 4.39 Å². The lowest BCUT2D eigenvalue weighted by Crippen LogP contribution is -2.20. The third-order valence-electron chi connectivity index (χ3n) is 2.19. The minimum atomic E-state index is -0.214. The molecule has 0 aliphatic rings. The van der Waals surface area contributed by atoms with E-state index in [1.54, 1.807) is 12.1 Å². The molecule has 0 aromatic heterocycles. The zero-order chi connectivity index (χ0) is 10.6. The second-order valence-electron chi connectivity index (χ2n) is 3.75. The lowest BCUT2D eigenvalue weighted by molar-refractivity contribution is 0.382. The van der Waals surface area contributed by atoms with E-state index in [-0.39, 0.29) is 36.7 Å². The maximum Gasteiger partial charge on any atom is 0.123 e. The predicted octanol–water partition coefficient (Wildman–Crippen LogP) is 2.62. The standard InChI is InChI=1S/C11H17FN2.2ClH/c1-14(2)8-7-11(13)9-3-5-10(12)6-4-9;;/h3-6,11H,7-8,13H2,1-2H3;2*1H. The Hall–Kier alpha value is -0.350. The highest BCUT2D eigenvalue weighted by Crippen LogP contribution is 2.14. The van der Waals surface area contributed by atoms with Crippen LogP contribution in [0.4, 0.5) is 4.39 Å². The van der Waals surface area contributed by atoms with Crippen molar-refractivity contribution in [3.05, 3.63) is 35.6 Å². The van der Waals surface area contributed by atoms with Crippen LogP contribution in [0.15, 0.2) is 24.3 Å². The van der Waals surface area contributed by atoms with Crippen LogP contribution in [0, 0.1) is 5.82 Å². The minimum absolute atomic E-state index is 0. The van der Waals surface area contributed by atoms with Crippen LogP contribution in [0.2, 0.25) is 0 Å². The Balaban J connectivity index is 0. The minimum Gasteiger partial charge on any atom is -0.324 e. The van der Waals surface area contributed by atoms with E-state index >= 15 is 0 Å². The summed E-state index contributed by atoms with van der Waals surface area (Å²) >= 11 is 0. The van der Waals surface area contributed by atoms with Crippen molar-refractivity contribution in [1.82, 2.24) is 4.90 Å². The molecule has 2 nitrogen and oxygen atoms in total. The molecule has 1 rings (SSSR count). The molecular weight excluding hydrogens is 250 g/mol. The summed E-state index contributed by atoms with van der Waals surface area (Å²) in [7, 11) is 4.02. The van der Waals surface area contributed by atoms with Gasteiger partial charge in [-0.15, -0.1) is 24.8 Å². The molecule has 0 aliphatic heterocycles. The fraction of sp³-hybridized carbons (Fsp3) is 0.455. The topological polar surface area (TPSA) is 29.3 Å². The third-order valence-corrected chi connectivity index (χ3v) is 2.19. The van der Waals surface area contributed by atoms with E-state index in [2.05, 4.69) is 4.90 Å². The molecule has 2 N–H and O–H groups in total. The van der Waals surface area contributed by atoms with Crippen molar-refractivity contribution in [1.29, 1.82) is 0 Å². The quantitative estimate of drug-likeness (QED) is 0.910. The average molecular weight is 269 g/mol. The maximum atomic E-state index is 12.6. The van der Waals surface area contributed by atoms with Crippen molar-refractivity contribution in [2.45, 2.75) is 12.5 Å².